The van der Waals surface area contributed by atoms with Gasteiger partial charge in [0.2, 0.25) is 0 Å². The van der Waals surface area contributed by atoms with Crippen molar-refractivity contribution in [1.29, 1.82) is 0 Å². The summed E-state index contributed by atoms with van der Waals surface area (Å²) in [6.45, 7) is 0. The van der Waals surface area contributed by atoms with Gasteiger partial charge in [-0.25, -0.2) is 19.9 Å². The third-order valence-electron chi connectivity index (χ3n) is 7.75. The van der Waals surface area contributed by atoms with Gasteiger partial charge in [-0.3, -0.25) is 0 Å². The Morgan fingerprint density at radius 2 is 0.680 bits per heavy atom. The molecule has 8 bridgehead atoms. The second kappa shape index (κ2) is 17.8. The number of nitrogens with zero attached hydrogens (tertiary/aromatic N) is 8. The van der Waals surface area contributed by atoms with Crippen LogP contribution >= 0.6 is 46.4 Å². The Balaban J connectivity index is 0.000000586. The first kappa shape index (κ1) is 38.8. The normalized spacial score (nSPS) is 10.3. The van der Waals surface area contributed by atoms with E-state index >= 15 is 0 Å². The minimum absolute atomic E-state index is 0. The Morgan fingerprint density at radius 1 is 0.400 bits per heavy atom. The molecule has 0 fully saturated rings. The van der Waals surface area contributed by atoms with Crippen LogP contribution in [-0.4, -0.2) is 60.0 Å². The molecule has 9 rings (SSSR count). The molecule has 0 atom stereocenters. The first-order valence-electron chi connectivity index (χ1n) is 14.8. The van der Waals surface area contributed by atoms with Gasteiger partial charge in [0.05, 0.1) is 11.6 Å². The summed E-state index contributed by atoms with van der Waals surface area (Å²) in [5.41, 5.74) is 6.33. The van der Waals surface area contributed by atoms with Crippen LogP contribution in [0.1, 0.15) is 0 Å². The maximum atomic E-state index is 5.12. The number of fused-ring (bicyclic) bond motifs is 20. The number of hydrogen-bond donors (Lipinski definition) is 0. The molecular formula is C37H31Cl4N8Zn-. The summed E-state index contributed by atoms with van der Waals surface area (Å²) in [7, 11) is 1.98. The summed E-state index contributed by atoms with van der Waals surface area (Å²) in [5, 5.41) is 3.77. The zero-order valence-electron chi connectivity index (χ0n) is 28.0. The van der Waals surface area contributed by atoms with Crippen LogP contribution in [0.15, 0.2) is 97.1 Å². The average molecular weight is 795 g/mol. The van der Waals surface area contributed by atoms with Crippen LogP contribution in [0.4, 0.5) is 0 Å². The summed E-state index contributed by atoms with van der Waals surface area (Å²) in [4.78, 5) is 35.0. The van der Waals surface area contributed by atoms with Crippen molar-refractivity contribution in [2.24, 2.45) is 7.05 Å². The van der Waals surface area contributed by atoms with E-state index in [4.69, 9.17) is 34.9 Å². The maximum absolute atomic E-state index is 5.12. The SMILES string of the molecule is CCl.CCl.CCl.CCl.Cn1c2nc3nc(nc4[n-]c(nc5nc(nc1c1ccccc12)-c1ccccc1-5)c1ccccc41)-c1ccccc1-3.[Zn]. The molecule has 0 saturated carbocycles. The zero-order valence-corrected chi connectivity index (χ0v) is 34.0. The molecule has 0 aliphatic carbocycles. The quantitative estimate of drug-likeness (QED) is 0.111. The van der Waals surface area contributed by atoms with Crippen molar-refractivity contribution >= 4 is 90.5 Å². The van der Waals surface area contributed by atoms with E-state index in [9.17, 15) is 0 Å². The fraction of sp³-hybridized carbons (Fsp3) is 0.135. The first-order valence-corrected chi connectivity index (χ1v) is 17.9. The van der Waals surface area contributed by atoms with Gasteiger partial charge < -0.3 is 19.5 Å². The number of rotatable bonds is 0. The van der Waals surface area contributed by atoms with Gasteiger partial charge in [-0.1, -0.05) is 97.1 Å². The zero-order chi connectivity index (χ0) is 35.1. The van der Waals surface area contributed by atoms with E-state index in [0.717, 1.165) is 55.1 Å². The maximum Gasteiger partial charge on any atom is 0.163 e. The van der Waals surface area contributed by atoms with Crippen LogP contribution in [0.25, 0.3) is 89.7 Å². The molecule has 250 valence electrons. The molecule has 0 spiro atoms. The van der Waals surface area contributed by atoms with Crippen LogP contribution in [0.3, 0.4) is 0 Å². The number of benzene rings is 4. The second-order valence-corrected chi connectivity index (χ2v) is 10.1. The fourth-order valence-corrected chi connectivity index (χ4v) is 5.80. The number of alkyl halides is 4. The van der Waals surface area contributed by atoms with Crippen molar-refractivity contribution in [2.45, 2.75) is 0 Å². The second-order valence-electron chi connectivity index (χ2n) is 10.1. The minimum atomic E-state index is 0. The van der Waals surface area contributed by atoms with Crippen molar-refractivity contribution in [2.75, 3.05) is 25.5 Å². The van der Waals surface area contributed by atoms with E-state index in [1.54, 1.807) is 0 Å². The molecular weight excluding hydrogens is 764 g/mol. The molecule has 0 amide bonds. The smallest absolute Gasteiger partial charge is 0.163 e. The molecule has 0 unspecified atom stereocenters. The van der Waals surface area contributed by atoms with E-state index in [1.807, 2.05) is 96.5 Å². The van der Waals surface area contributed by atoms with E-state index < -0.39 is 0 Å². The largest absolute Gasteiger partial charge is 0.357 e. The van der Waals surface area contributed by atoms with Gasteiger partial charge in [0.15, 0.2) is 11.6 Å². The first-order chi connectivity index (χ1) is 24.2. The molecule has 2 aliphatic heterocycles. The average Bonchev–Trinajstić information content (AvgIpc) is 3.90. The van der Waals surface area contributed by atoms with Gasteiger partial charge in [-0.15, -0.1) is 46.4 Å². The summed E-state index contributed by atoms with van der Waals surface area (Å²) >= 11 is 18.6. The summed E-state index contributed by atoms with van der Waals surface area (Å²) in [5.74, 6) is 2.35. The number of halogens is 4. The van der Waals surface area contributed by atoms with Gasteiger partial charge >= 0.3 is 0 Å². The van der Waals surface area contributed by atoms with Crippen molar-refractivity contribution < 1.29 is 19.5 Å². The minimum Gasteiger partial charge on any atom is -0.357 e. The van der Waals surface area contributed by atoms with Gasteiger partial charge in [0, 0.05) is 96.4 Å². The van der Waals surface area contributed by atoms with E-state index in [1.165, 1.54) is 25.5 Å². The van der Waals surface area contributed by atoms with Crippen molar-refractivity contribution in [3.63, 3.8) is 0 Å². The van der Waals surface area contributed by atoms with Crippen LogP contribution in [0, 0.1) is 0 Å². The molecule has 7 aromatic rings. The summed E-state index contributed by atoms with van der Waals surface area (Å²) in [6.07, 6.45) is 5.89. The van der Waals surface area contributed by atoms with Crippen LogP contribution < -0.4 is 4.98 Å². The van der Waals surface area contributed by atoms with Gasteiger partial charge in [-0.05, 0) is 10.8 Å². The van der Waals surface area contributed by atoms with Crippen molar-refractivity contribution in [3.8, 4) is 45.6 Å². The van der Waals surface area contributed by atoms with Crippen molar-refractivity contribution in [3.05, 3.63) is 97.1 Å². The fourth-order valence-electron chi connectivity index (χ4n) is 5.80. The molecule has 4 aromatic carbocycles. The number of aryl methyl sites for hydroxylation is 1. The summed E-state index contributed by atoms with van der Waals surface area (Å²) < 4.78 is 2.01. The van der Waals surface area contributed by atoms with Crippen molar-refractivity contribution in [1.82, 2.24) is 39.5 Å². The molecule has 0 N–H and O–H groups in total. The Morgan fingerprint density at radius 3 is 1.02 bits per heavy atom. The predicted molar refractivity (Wildman–Crippen MR) is 207 cm³/mol. The van der Waals surface area contributed by atoms with Gasteiger partial charge in [0.1, 0.15) is 11.3 Å². The third-order valence-corrected chi connectivity index (χ3v) is 7.75. The monoisotopic (exact) mass is 791 g/mol. The molecule has 13 heteroatoms. The Kier molecular flexibility index (Phi) is 13.8. The van der Waals surface area contributed by atoms with Gasteiger partial charge in [-0.2, -0.15) is 0 Å². The Hall–Kier alpha value is -3.98. The van der Waals surface area contributed by atoms with E-state index in [2.05, 4.69) is 58.5 Å². The predicted octanol–water partition coefficient (Wildman–Crippen LogP) is 9.93. The van der Waals surface area contributed by atoms with E-state index in [0.29, 0.717) is 34.6 Å². The molecule has 0 saturated heterocycles. The van der Waals surface area contributed by atoms with Gasteiger partial charge in [0.25, 0.3) is 0 Å². The molecule has 0 radical (unpaired) electrons. The molecule has 2 aliphatic rings. The van der Waals surface area contributed by atoms with Crippen LogP contribution in [-0.2, 0) is 26.5 Å². The molecule has 50 heavy (non-hydrogen) atoms. The Bertz CT molecular complexity index is 2260. The number of hydrogen-bond acceptors (Lipinski definition) is 6. The van der Waals surface area contributed by atoms with Crippen LogP contribution in [0.5, 0.6) is 0 Å². The summed E-state index contributed by atoms with van der Waals surface area (Å²) in [6, 6.07) is 32.2. The number of aromatic nitrogens is 8. The topological polar surface area (TPSA) is 96.4 Å². The van der Waals surface area contributed by atoms with Crippen LogP contribution in [0.2, 0.25) is 0 Å². The van der Waals surface area contributed by atoms with E-state index in [-0.39, 0.29) is 19.5 Å². The molecule has 8 nitrogen and oxygen atoms in total. The molecule has 5 heterocycles. The molecule has 3 aromatic heterocycles. The third kappa shape index (κ3) is 6.98. The Labute approximate surface area is 322 Å². The standard InChI is InChI=1S/C33H19N8.4CH3Cl.Zn/c1-41-32-24-16-8-9-17-25(24)33(41)40-31-23-15-7-5-13-21(23)29(38-31)36-27-19-11-3-2-10-18(19)26(34-27)35-28-20-12-4-6-14-22(20)30(37-28)39-32;4*1-2;/h2-17H,1H3;4*1H3;/q-1;;;;;.